The third kappa shape index (κ3) is 5.26. The first-order valence-electron chi connectivity index (χ1n) is 19.2. The Bertz CT molecular complexity index is 3220. The number of anilines is 3. The Hall–Kier alpha value is -7.42. The van der Waals surface area contributed by atoms with Gasteiger partial charge in [0, 0.05) is 27.7 Å². The van der Waals surface area contributed by atoms with Crippen molar-refractivity contribution >= 4 is 71.3 Å². The largest absolute Gasteiger partial charge is 0.453 e. The molecule has 0 radical (unpaired) electrons. The lowest BCUT2D eigenvalue weighted by atomic mass is 9.93. The maximum Gasteiger partial charge on any atom is 0.159 e. The number of furan rings is 1. The van der Waals surface area contributed by atoms with Crippen LogP contribution in [0.1, 0.15) is 0 Å². The van der Waals surface area contributed by atoms with Crippen molar-refractivity contribution in [2.45, 2.75) is 0 Å². The maximum absolute atomic E-state index is 7.13. The molecular formula is C54H35NO. The van der Waals surface area contributed by atoms with E-state index in [4.69, 9.17) is 4.42 Å². The number of hydrogen-bond donors (Lipinski definition) is 0. The summed E-state index contributed by atoms with van der Waals surface area (Å²) in [6, 6.07) is 76.2. The molecule has 262 valence electrons. The van der Waals surface area contributed by atoms with Crippen LogP contribution in [-0.4, -0.2) is 0 Å². The van der Waals surface area contributed by atoms with E-state index in [1.807, 2.05) is 0 Å². The van der Waals surface area contributed by atoms with Crippen LogP contribution in [0.2, 0.25) is 0 Å². The molecule has 1 heterocycles. The van der Waals surface area contributed by atoms with E-state index >= 15 is 0 Å². The molecule has 0 aliphatic heterocycles. The van der Waals surface area contributed by atoms with Crippen LogP contribution in [0.4, 0.5) is 17.1 Å². The summed E-state index contributed by atoms with van der Waals surface area (Å²) in [6.07, 6.45) is 0. The summed E-state index contributed by atoms with van der Waals surface area (Å²) in [6.45, 7) is 0. The zero-order chi connectivity index (χ0) is 37.0. The quantitative estimate of drug-likeness (QED) is 0.160. The highest BCUT2D eigenvalue weighted by molar-refractivity contribution is 6.24. The van der Waals surface area contributed by atoms with Gasteiger partial charge in [0.25, 0.3) is 0 Å². The molecule has 0 bridgehead atoms. The van der Waals surface area contributed by atoms with Gasteiger partial charge in [0.2, 0.25) is 0 Å². The molecule has 1 aromatic heterocycles. The smallest absolute Gasteiger partial charge is 0.159 e. The summed E-state index contributed by atoms with van der Waals surface area (Å²) in [5, 5.41) is 9.64. The van der Waals surface area contributed by atoms with Crippen molar-refractivity contribution in [3.05, 3.63) is 212 Å². The van der Waals surface area contributed by atoms with Crippen LogP contribution in [0.25, 0.3) is 87.6 Å². The van der Waals surface area contributed by atoms with E-state index in [1.54, 1.807) is 0 Å². The Morgan fingerprint density at radius 1 is 0.304 bits per heavy atom. The van der Waals surface area contributed by atoms with Crippen LogP contribution in [0.15, 0.2) is 217 Å². The van der Waals surface area contributed by atoms with Crippen molar-refractivity contribution in [2.75, 3.05) is 4.90 Å². The van der Waals surface area contributed by atoms with Crippen LogP contribution >= 0.6 is 0 Å². The topological polar surface area (TPSA) is 16.4 Å². The first kappa shape index (κ1) is 32.0. The number of rotatable bonds is 6. The van der Waals surface area contributed by atoms with Crippen LogP contribution in [0, 0.1) is 0 Å². The van der Waals surface area contributed by atoms with Gasteiger partial charge in [-0.05, 0) is 103 Å². The van der Waals surface area contributed by atoms with Crippen LogP contribution in [0.5, 0.6) is 0 Å². The number of benzene rings is 10. The summed E-state index contributed by atoms with van der Waals surface area (Å²) < 4.78 is 7.13. The summed E-state index contributed by atoms with van der Waals surface area (Å²) in [4.78, 5) is 2.34. The van der Waals surface area contributed by atoms with Crippen LogP contribution in [0.3, 0.4) is 0 Å². The van der Waals surface area contributed by atoms with Crippen LogP contribution in [-0.2, 0) is 0 Å². The molecule has 0 saturated heterocycles. The van der Waals surface area contributed by atoms with Crippen LogP contribution < -0.4 is 4.90 Å². The fourth-order valence-electron chi connectivity index (χ4n) is 8.59. The SMILES string of the molecule is c1ccc(-c2ccc(N(c3ccc(-c4cc5ccccc5c5ccccc45)cc3)c3cccc4c3oc3c(-c5ccccc5)cc5ccccc5c34)cc2)cc1. The Morgan fingerprint density at radius 3 is 1.48 bits per heavy atom. The van der Waals surface area contributed by atoms with Gasteiger partial charge < -0.3 is 9.32 Å². The normalized spacial score (nSPS) is 11.6. The molecule has 0 aliphatic rings. The van der Waals surface area contributed by atoms with Gasteiger partial charge in [-0.2, -0.15) is 0 Å². The molecule has 0 amide bonds. The van der Waals surface area contributed by atoms with Gasteiger partial charge in [-0.25, -0.2) is 0 Å². The van der Waals surface area contributed by atoms with E-state index < -0.39 is 0 Å². The van der Waals surface area contributed by atoms with E-state index in [-0.39, 0.29) is 0 Å². The third-order valence-corrected chi connectivity index (χ3v) is 11.2. The standard InChI is InChI=1S/C54H35NO/c1-3-14-36(15-4-1)37-26-30-42(31-27-37)55(43-32-28-39(29-33-43)49-34-40-18-7-9-20-44(40)46-22-11-12-23-47(46)49)51-25-13-24-48-52-45-21-10-8-19-41(45)35-50(54(52)56-53(48)51)38-16-5-2-6-17-38/h1-35H. The second-order valence-electron chi connectivity index (χ2n) is 14.5. The van der Waals surface area contributed by atoms with Crippen molar-refractivity contribution < 1.29 is 4.42 Å². The third-order valence-electron chi connectivity index (χ3n) is 11.2. The lowest BCUT2D eigenvalue weighted by Crippen LogP contribution is -2.10. The fraction of sp³-hybridized carbons (Fsp3) is 0. The van der Waals surface area contributed by atoms with E-state index in [1.165, 1.54) is 54.6 Å². The molecule has 0 saturated carbocycles. The van der Waals surface area contributed by atoms with Crippen molar-refractivity contribution in [1.29, 1.82) is 0 Å². The average molecular weight is 714 g/mol. The lowest BCUT2D eigenvalue weighted by Gasteiger charge is -2.26. The fourth-order valence-corrected chi connectivity index (χ4v) is 8.59. The van der Waals surface area contributed by atoms with E-state index in [9.17, 15) is 0 Å². The molecular weight excluding hydrogens is 679 g/mol. The molecule has 0 unspecified atom stereocenters. The maximum atomic E-state index is 7.13. The molecule has 0 atom stereocenters. The predicted octanol–water partition coefficient (Wildman–Crippen LogP) is 15.5. The minimum atomic E-state index is 0.854. The molecule has 10 aromatic carbocycles. The molecule has 0 fully saturated rings. The summed E-state index contributed by atoms with van der Waals surface area (Å²) in [5.41, 5.74) is 11.8. The summed E-state index contributed by atoms with van der Waals surface area (Å²) in [7, 11) is 0. The van der Waals surface area contributed by atoms with Gasteiger partial charge in [0.15, 0.2) is 5.58 Å². The van der Waals surface area contributed by atoms with E-state index in [0.29, 0.717) is 0 Å². The number of nitrogens with zero attached hydrogens (tertiary/aromatic N) is 1. The van der Waals surface area contributed by atoms with E-state index in [2.05, 4.69) is 217 Å². The second kappa shape index (κ2) is 13.2. The zero-order valence-electron chi connectivity index (χ0n) is 30.6. The Morgan fingerprint density at radius 2 is 0.786 bits per heavy atom. The minimum absolute atomic E-state index is 0.854. The molecule has 0 N–H and O–H groups in total. The first-order chi connectivity index (χ1) is 27.8. The second-order valence-corrected chi connectivity index (χ2v) is 14.5. The molecule has 2 heteroatoms. The first-order valence-corrected chi connectivity index (χ1v) is 19.2. The number of para-hydroxylation sites is 1. The number of fused-ring (bicyclic) bond motifs is 8. The van der Waals surface area contributed by atoms with Gasteiger partial charge >= 0.3 is 0 Å². The lowest BCUT2D eigenvalue weighted by molar-refractivity contribution is 0.670. The molecule has 0 aliphatic carbocycles. The van der Waals surface area contributed by atoms with Crippen molar-refractivity contribution in [2.24, 2.45) is 0 Å². The van der Waals surface area contributed by atoms with Gasteiger partial charge in [0.1, 0.15) is 5.58 Å². The van der Waals surface area contributed by atoms with Gasteiger partial charge in [-0.3, -0.25) is 0 Å². The Kier molecular flexibility index (Phi) is 7.53. The van der Waals surface area contributed by atoms with Crippen molar-refractivity contribution in [3.8, 4) is 33.4 Å². The highest BCUT2D eigenvalue weighted by Gasteiger charge is 2.23. The van der Waals surface area contributed by atoms with Gasteiger partial charge in [-0.15, -0.1) is 0 Å². The summed E-state index contributed by atoms with van der Waals surface area (Å²) in [5.74, 6) is 0. The molecule has 11 aromatic rings. The van der Waals surface area contributed by atoms with Gasteiger partial charge in [0.05, 0.1) is 5.69 Å². The minimum Gasteiger partial charge on any atom is -0.453 e. The van der Waals surface area contributed by atoms with Crippen molar-refractivity contribution in [3.63, 3.8) is 0 Å². The molecule has 11 rings (SSSR count). The van der Waals surface area contributed by atoms with Crippen molar-refractivity contribution in [1.82, 2.24) is 0 Å². The van der Waals surface area contributed by atoms with E-state index in [0.717, 1.165) is 50.1 Å². The Balaban J connectivity index is 1.12. The Labute approximate surface area is 325 Å². The monoisotopic (exact) mass is 713 g/mol. The average Bonchev–Trinajstić information content (AvgIpc) is 3.68. The highest BCUT2D eigenvalue weighted by Crippen LogP contribution is 2.47. The predicted molar refractivity (Wildman–Crippen MR) is 237 cm³/mol. The zero-order valence-corrected chi connectivity index (χ0v) is 30.6. The highest BCUT2D eigenvalue weighted by atomic mass is 16.3. The van der Waals surface area contributed by atoms with Gasteiger partial charge in [-0.1, -0.05) is 170 Å². The number of hydrogen-bond acceptors (Lipinski definition) is 2. The molecule has 2 nitrogen and oxygen atoms in total. The molecule has 56 heavy (non-hydrogen) atoms. The molecule has 0 spiro atoms. The summed E-state index contributed by atoms with van der Waals surface area (Å²) >= 11 is 0.